The van der Waals surface area contributed by atoms with Gasteiger partial charge in [0.15, 0.2) is 0 Å². The van der Waals surface area contributed by atoms with Crippen LogP contribution in [0.3, 0.4) is 0 Å². The minimum Gasteiger partial charge on any atom is -0.355 e. The van der Waals surface area contributed by atoms with Gasteiger partial charge in [-0.2, -0.15) is 0 Å². The van der Waals surface area contributed by atoms with E-state index in [-0.39, 0.29) is 42.7 Å². The Balaban J connectivity index is 0.00000220. The van der Waals surface area contributed by atoms with E-state index in [1.807, 2.05) is 11.8 Å². The molecule has 0 aromatic carbocycles. The number of nitrogens with one attached hydrogen (secondary N) is 2. The molecule has 0 spiro atoms. The van der Waals surface area contributed by atoms with Crippen LogP contribution in [0.2, 0.25) is 0 Å². The zero-order valence-corrected chi connectivity index (χ0v) is 14.8. The fourth-order valence-corrected chi connectivity index (χ4v) is 2.87. The minimum absolute atomic E-state index is 0. The second-order valence-corrected chi connectivity index (χ2v) is 5.56. The average Bonchev–Trinajstić information content (AvgIpc) is 2.48. The van der Waals surface area contributed by atoms with E-state index < -0.39 is 0 Å². The highest BCUT2D eigenvalue weighted by molar-refractivity contribution is 5.85. The standard InChI is InChI=1S/C14H26N4O2.2ClH/c1-2-15-13(19)11-17-7-9-18(10-8-17)14(20)12-5-3-4-6-16-12;;/h12,16H,2-11H2,1H3,(H,15,19);2*1H/t12-;;/m1../s1. The summed E-state index contributed by atoms with van der Waals surface area (Å²) in [5.41, 5.74) is 0. The first-order valence-electron chi connectivity index (χ1n) is 7.72. The van der Waals surface area contributed by atoms with Gasteiger partial charge < -0.3 is 15.5 Å². The molecular formula is C14H28Cl2N4O2. The number of piperidine rings is 1. The zero-order chi connectivity index (χ0) is 14.4. The highest BCUT2D eigenvalue weighted by Crippen LogP contribution is 2.11. The van der Waals surface area contributed by atoms with Gasteiger partial charge in [0.05, 0.1) is 12.6 Å². The van der Waals surface area contributed by atoms with Crippen LogP contribution in [-0.2, 0) is 9.59 Å². The lowest BCUT2D eigenvalue weighted by molar-refractivity contribution is -0.136. The van der Waals surface area contributed by atoms with Crippen LogP contribution >= 0.6 is 24.8 Å². The fourth-order valence-electron chi connectivity index (χ4n) is 2.87. The monoisotopic (exact) mass is 354 g/mol. The number of carbonyl (C=O) groups excluding carboxylic acids is 2. The van der Waals surface area contributed by atoms with Gasteiger partial charge in [-0.05, 0) is 26.3 Å². The number of hydrogen-bond acceptors (Lipinski definition) is 4. The van der Waals surface area contributed by atoms with Crippen LogP contribution in [0.4, 0.5) is 0 Å². The second-order valence-electron chi connectivity index (χ2n) is 5.56. The van der Waals surface area contributed by atoms with Crippen molar-refractivity contribution in [1.29, 1.82) is 0 Å². The molecule has 0 bridgehead atoms. The molecule has 8 heteroatoms. The van der Waals surface area contributed by atoms with Crippen LogP contribution < -0.4 is 10.6 Å². The first-order valence-corrected chi connectivity index (χ1v) is 7.72. The summed E-state index contributed by atoms with van der Waals surface area (Å²) < 4.78 is 0. The number of hydrogen-bond donors (Lipinski definition) is 2. The minimum atomic E-state index is 0. The molecule has 0 saturated carbocycles. The van der Waals surface area contributed by atoms with Crippen molar-refractivity contribution in [2.45, 2.75) is 32.2 Å². The second kappa shape index (κ2) is 11.0. The Bertz CT molecular complexity index is 344. The number of amides is 2. The number of likely N-dealkylation sites (N-methyl/N-ethyl adjacent to an activating group) is 1. The van der Waals surface area contributed by atoms with Gasteiger partial charge in [-0.15, -0.1) is 24.8 Å². The first kappa shape index (κ1) is 21.4. The highest BCUT2D eigenvalue weighted by atomic mass is 35.5. The SMILES string of the molecule is CCNC(=O)CN1CCN(C(=O)[C@H]2CCCCN2)CC1.Cl.Cl. The first-order chi connectivity index (χ1) is 9.70. The van der Waals surface area contributed by atoms with E-state index in [1.54, 1.807) is 0 Å². The van der Waals surface area contributed by atoms with E-state index >= 15 is 0 Å². The lowest BCUT2D eigenvalue weighted by atomic mass is 10.0. The summed E-state index contributed by atoms with van der Waals surface area (Å²) in [5.74, 6) is 0.309. The maximum atomic E-state index is 12.4. The molecule has 0 aromatic heterocycles. The molecular weight excluding hydrogens is 327 g/mol. The topological polar surface area (TPSA) is 64.7 Å². The molecule has 1 atom stereocenters. The van der Waals surface area contributed by atoms with Gasteiger partial charge in [0, 0.05) is 32.7 Å². The summed E-state index contributed by atoms with van der Waals surface area (Å²) in [7, 11) is 0. The molecule has 2 aliphatic heterocycles. The molecule has 0 aliphatic carbocycles. The summed E-state index contributed by atoms with van der Waals surface area (Å²) in [6.45, 7) is 7.03. The molecule has 2 rings (SSSR count). The molecule has 2 aliphatic rings. The number of halogens is 2. The highest BCUT2D eigenvalue weighted by Gasteiger charge is 2.28. The Morgan fingerprint density at radius 3 is 2.36 bits per heavy atom. The Hall–Kier alpha value is -0.560. The van der Waals surface area contributed by atoms with Crippen LogP contribution in [0.1, 0.15) is 26.2 Å². The van der Waals surface area contributed by atoms with Crippen molar-refractivity contribution < 1.29 is 9.59 Å². The quantitative estimate of drug-likeness (QED) is 0.759. The van der Waals surface area contributed by atoms with E-state index in [1.165, 1.54) is 6.42 Å². The van der Waals surface area contributed by atoms with E-state index in [9.17, 15) is 9.59 Å². The molecule has 0 aromatic rings. The van der Waals surface area contributed by atoms with Crippen molar-refractivity contribution in [3.05, 3.63) is 0 Å². The van der Waals surface area contributed by atoms with Gasteiger partial charge in [-0.25, -0.2) is 0 Å². The van der Waals surface area contributed by atoms with Gasteiger partial charge in [0.25, 0.3) is 0 Å². The fraction of sp³-hybridized carbons (Fsp3) is 0.857. The van der Waals surface area contributed by atoms with Crippen molar-refractivity contribution in [3.8, 4) is 0 Å². The third kappa shape index (κ3) is 6.28. The molecule has 22 heavy (non-hydrogen) atoms. The summed E-state index contributed by atoms with van der Waals surface area (Å²) in [4.78, 5) is 27.9. The zero-order valence-electron chi connectivity index (χ0n) is 13.2. The Morgan fingerprint density at radius 2 is 1.82 bits per heavy atom. The normalized spacial score (nSPS) is 22.2. The number of nitrogens with zero attached hydrogens (tertiary/aromatic N) is 2. The molecule has 6 nitrogen and oxygen atoms in total. The molecule has 2 saturated heterocycles. The Morgan fingerprint density at radius 1 is 1.14 bits per heavy atom. The van der Waals surface area contributed by atoms with E-state index in [0.717, 1.165) is 45.6 Å². The van der Waals surface area contributed by atoms with Crippen molar-refractivity contribution in [1.82, 2.24) is 20.4 Å². The van der Waals surface area contributed by atoms with Crippen LogP contribution in [0.25, 0.3) is 0 Å². The summed E-state index contributed by atoms with van der Waals surface area (Å²) in [6.07, 6.45) is 3.27. The van der Waals surface area contributed by atoms with Crippen molar-refractivity contribution in [2.24, 2.45) is 0 Å². The van der Waals surface area contributed by atoms with E-state index in [4.69, 9.17) is 0 Å². The molecule has 2 heterocycles. The number of piperazine rings is 1. The van der Waals surface area contributed by atoms with Crippen molar-refractivity contribution in [2.75, 3.05) is 45.8 Å². The lowest BCUT2D eigenvalue weighted by Crippen LogP contribution is -2.56. The largest absolute Gasteiger partial charge is 0.355 e. The third-order valence-electron chi connectivity index (χ3n) is 4.03. The van der Waals surface area contributed by atoms with E-state index in [2.05, 4.69) is 15.5 Å². The average molecular weight is 355 g/mol. The Labute approximate surface area is 145 Å². The van der Waals surface area contributed by atoms with Gasteiger partial charge in [0.1, 0.15) is 0 Å². The molecule has 0 radical (unpaired) electrons. The van der Waals surface area contributed by atoms with Gasteiger partial charge in [-0.1, -0.05) is 6.42 Å². The van der Waals surface area contributed by atoms with Gasteiger partial charge in [-0.3, -0.25) is 14.5 Å². The molecule has 2 N–H and O–H groups in total. The third-order valence-corrected chi connectivity index (χ3v) is 4.03. The van der Waals surface area contributed by atoms with Crippen molar-refractivity contribution >= 4 is 36.6 Å². The van der Waals surface area contributed by atoms with Crippen LogP contribution in [0.15, 0.2) is 0 Å². The summed E-state index contributed by atoms with van der Waals surface area (Å²) in [5, 5.41) is 6.11. The van der Waals surface area contributed by atoms with Crippen molar-refractivity contribution in [3.63, 3.8) is 0 Å². The van der Waals surface area contributed by atoms with Crippen LogP contribution in [-0.4, -0.2) is 73.5 Å². The molecule has 2 amide bonds. The molecule has 0 unspecified atom stereocenters. The van der Waals surface area contributed by atoms with Crippen LogP contribution in [0, 0.1) is 0 Å². The Kier molecular flexibility index (Phi) is 10.8. The smallest absolute Gasteiger partial charge is 0.239 e. The number of carbonyl (C=O) groups is 2. The predicted octanol–water partition coefficient (Wildman–Crippen LogP) is 0.252. The number of rotatable bonds is 4. The van der Waals surface area contributed by atoms with Gasteiger partial charge in [0.2, 0.25) is 11.8 Å². The predicted molar refractivity (Wildman–Crippen MR) is 91.8 cm³/mol. The maximum absolute atomic E-state index is 12.4. The summed E-state index contributed by atoms with van der Waals surface area (Å²) in [6, 6.07) is 0.0127. The summed E-state index contributed by atoms with van der Waals surface area (Å²) >= 11 is 0. The molecule has 2 fully saturated rings. The van der Waals surface area contributed by atoms with E-state index in [0.29, 0.717) is 13.1 Å². The maximum Gasteiger partial charge on any atom is 0.239 e. The van der Waals surface area contributed by atoms with Crippen LogP contribution in [0.5, 0.6) is 0 Å². The lowest BCUT2D eigenvalue weighted by Gasteiger charge is -2.37. The molecule has 130 valence electrons. The van der Waals surface area contributed by atoms with Gasteiger partial charge >= 0.3 is 0 Å².